The van der Waals surface area contributed by atoms with Gasteiger partial charge in [-0.25, -0.2) is 4.79 Å². The molecule has 1 aromatic carbocycles. The largest absolute Gasteiger partial charge is 0.478 e. The van der Waals surface area contributed by atoms with Crippen LogP contribution in [0.15, 0.2) is 40.1 Å². The topological polar surface area (TPSA) is 62.5 Å². The highest BCUT2D eigenvalue weighted by atomic mass is 32.1. The van der Waals surface area contributed by atoms with Crippen molar-refractivity contribution in [1.82, 2.24) is 0 Å². The Bertz CT molecular complexity index is 772. The van der Waals surface area contributed by atoms with E-state index in [2.05, 4.69) is 28.9 Å². The van der Waals surface area contributed by atoms with Crippen LogP contribution in [0.3, 0.4) is 0 Å². The summed E-state index contributed by atoms with van der Waals surface area (Å²) in [6, 6.07) is 9.78. The van der Waals surface area contributed by atoms with Gasteiger partial charge in [-0.2, -0.15) is 0 Å². The molecule has 0 atom stereocenters. The van der Waals surface area contributed by atoms with Crippen LogP contribution >= 0.6 is 11.3 Å². The summed E-state index contributed by atoms with van der Waals surface area (Å²) in [5.41, 5.74) is 1.21. The molecule has 0 bridgehead atoms. The van der Waals surface area contributed by atoms with Crippen molar-refractivity contribution in [2.24, 2.45) is 0 Å². The number of carboxylic acid groups (broad SMARTS) is 1. The Hall–Kier alpha value is -2.27. The van der Waals surface area contributed by atoms with Gasteiger partial charge in [0, 0.05) is 10.4 Å². The molecule has 3 rings (SSSR count). The Labute approximate surface area is 119 Å². The monoisotopic (exact) mass is 287 g/mol. The van der Waals surface area contributed by atoms with E-state index < -0.39 is 5.97 Å². The number of rotatable bonds is 4. The second kappa shape index (κ2) is 5.02. The van der Waals surface area contributed by atoms with Gasteiger partial charge in [-0.3, -0.25) is 0 Å². The Balaban J connectivity index is 1.75. The maximum absolute atomic E-state index is 10.9. The van der Waals surface area contributed by atoms with E-state index in [1.54, 1.807) is 24.3 Å². The zero-order valence-corrected chi connectivity index (χ0v) is 11.7. The summed E-state index contributed by atoms with van der Waals surface area (Å²) < 4.78 is 6.68. The van der Waals surface area contributed by atoms with Crippen LogP contribution in [-0.4, -0.2) is 11.1 Å². The van der Waals surface area contributed by atoms with Crippen LogP contribution < -0.4 is 5.32 Å². The summed E-state index contributed by atoms with van der Waals surface area (Å²) in [7, 11) is 0. The number of thiophene rings is 1. The predicted molar refractivity (Wildman–Crippen MR) is 79.6 cm³/mol. The van der Waals surface area contributed by atoms with Crippen molar-refractivity contribution in [2.75, 3.05) is 5.32 Å². The lowest BCUT2D eigenvalue weighted by molar-refractivity contribution is 0.0695. The number of carbonyl (C=O) groups is 1. The number of benzene rings is 1. The molecule has 0 amide bonds. The molecule has 2 N–H and O–H groups in total. The lowest BCUT2D eigenvalue weighted by Gasteiger charge is -2.04. The molecule has 0 unspecified atom stereocenters. The third kappa shape index (κ3) is 2.40. The van der Waals surface area contributed by atoms with Crippen LogP contribution in [-0.2, 0) is 6.54 Å². The van der Waals surface area contributed by atoms with Crippen LogP contribution in [0.4, 0.5) is 5.69 Å². The molecule has 0 spiro atoms. The van der Waals surface area contributed by atoms with Crippen LogP contribution in [0.25, 0.3) is 10.1 Å². The molecule has 2 heterocycles. The third-order valence-electron chi connectivity index (χ3n) is 3.12. The zero-order valence-electron chi connectivity index (χ0n) is 10.8. The van der Waals surface area contributed by atoms with E-state index in [0.29, 0.717) is 18.1 Å². The first kappa shape index (κ1) is 12.7. The SMILES string of the molecule is Cc1oc(CNc2ccc3sccc3c2)cc1C(=O)O. The molecule has 0 fully saturated rings. The van der Waals surface area contributed by atoms with Gasteiger partial charge in [0.05, 0.1) is 6.54 Å². The van der Waals surface area contributed by atoms with Crippen LogP contribution in [0.1, 0.15) is 21.9 Å². The number of nitrogens with one attached hydrogen (secondary N) is 1. The molecule has 2 aromatic heterocycles. The minimum Gasteiger partial charge on any atom is -0.478 e. The van der Waals surface area contributed by atoms with E-state index >= 15 is 0 Å². The quantitative estimate of drug-likeness (QED) is 0.758. The second-order valence-corrected chi connectivity index (χ2v) is 5.46. The smallest absolute Gasteiger partial charge is 0.339 e. The fourth-order valence-electron chi connectivity index (χ4n) is 2.11. The molecule has 0 saturated heterocycles. The van der Waals surface area contributed by atoms with Crippen molar-refractivity contribution in [3.63, 3.8) is 0 Å². The van der Waals surface area contributed by atoms with E-state index in [4.69, 9.17) is 9.52 Å². The number of hydrogen-bond acceptors (Lipinski definition) is 4. The highest BCUT2D eigenvalue weighted by Crippen LogP contribution is 2.24. The summed E-state index contributed by atoms with van der Waals surface area (Å²) >= 11 is 1.71. The molecule has 0 aliphatic heterocycles. The lowest BCUT2D eigenvalue weighted by atomic mass is 10.2. The van der Waals surface area contributed by atoms with Gasteiger partial charge in [-0.1, -0.05) is 0 Å². The van der Waals surface area contributed by atoms with E-state index in [1.165, 1.54) is 10.1 Å². The Morgan fingerprint density at radius 2 is 2.20 bits per heavy atom. The molecule has 0 radical (unpaired) electrons. The molecule has 3 aromatic rings. The van der Waals surface area contributed by atoms with Gasteiger partial charge in [-0.15, -0.1) is 11.3 Å². The van der Waals surface area contributed by atoms with Crippen molar-refractivity contribution in [2.45, 2.75) is 13.5 Å². The molecule has 5 heteroatoms. The highest BCUT2D eigenvalue weighted by Gasteiger charge is 2.13. The molecular formula is C15H13NO3S. The highest BCUT2D eigenvalue weighted by molar-refractivity contribution is 7.17. The maximum Gasteiger partial charge on any atom is 0.339 e. The van der Waals surface area contributed by atoms with Gasteiger partial charge in [-0.05, 0) is 48.0 Å². The first-order valence-corrected chi connectivity index (χ1v) is 7.05. The number of aryl methyl sites for hydroxylation is 1. The second-order valence-electron chi connectivity index (χ2n) is 4.51. The normalized spacial score (nSPS) is 10.8. The zero-order chi connectivity index (χ0) is 14.1. The van der Waals surface area contributed by atoms with E-state index in [9.17, 15) is 4.79 Å². The van der Waals surface area contributed by atoms with Crippen LogP contribution in [0.2, 0.25) is 0 Å². The molecular weight excluding hydrogens is 274 g/mol. The molecule has 0 aliphatic rings. The number of fused-ring (bicyclic) bond motifs is 1. The van der Waals surface area contributed by atoms with Gasteiger partial charge in [0.25, 0.3) is 0 Å². The van der Waals surface area contributed by atoms with E-state index in [-0.39, 0.29) is 5.56 Å². The van der Waals surface area contributed by atoms with Gasteiger partial charge in [0.1, 0.15) is 17.1 Å². The minimum absolute atomic E-state index is 0.218. The number of furan rings is 1. The summed E-state index contributed by atoms with van der Waals surface area (Å²) in [5.74, 6) is 0.0881. The molecule has 20 heavy (non-hydrogen) atoms. The van der Waals surface area contributed by atoms with E-state index in [0.717, 1.165) is 5.69 Å². The first-order chi connectivity index (χ1) is 9.63. The third-order valence-corrected chi connectivity index (χ3v) is 4.02. The van der Waals surface area contributed by atoms with Gasteiger partial charge in [0.15, 0.2) is 0 Å². The average Bonchev–Trinajstić information content (AvgIpc) is 3.01. The summed E-state index contributed by atoms with van der Waals surface area (Å²) in [6.45, 7) is 2.12. The van der Waals surface area contributed by atoms with Crippen LogP contribution in [0.5, 0.6) is 0 Å². The summed E-state index contributed by atoms with van der Waals surface area (Å²) in [4.78, 5) is 10.9. The Morgan fingerprint density at radius 3 is 2.95 bits per heavy atom. The van der Waals surface area contributed by atoms with E-state index in [1.807, 2.05) is 6.07 Å². The van der Waals surface area contributed by atoms with Crippen molar-refractivity contribution >= 4 is 33.1 Å². The standard InChI is InChI=1S/C15H13NO3S/c1-9-13(15(17)18)7-12(19-9)8-16-11-2-3-14-10(6-11)4-5-20-14/h2-7,16H,8H2,1H3,(H,17,18). The van der Waals surface area contributed by atoms with Gasteiger partial charge in [0.2, 0.25) is 0 Å². The predicted octanol–water partition coefficient (Wildman–Crippen LogP) is 4.11. The fourth-order valence-corrected chi connectivity index (χ4v) is 2.88. The van der Waals surface area contributed by atoms with Crippen molar-refractivity contribution in [3.8, 4) is 0 Å². The number of anilines is 1. The Kier molecular flexibility index (Phi) is 3.20. The average molecular weight is 287 g/mol. The molecule has 0 saturated carbocycles. The van der Waals surface area contributed by atoms with Crippen molar-refractivity contribution < 1.29 is 14.3 Å². The fraction of sp³-hybridized carbons (Fsp3) is 0.133. The lowest BCUT2D eigenvalue weighted by Crippen LogP contribution is -1.98. The van der Waals surface area contributed by atoms with Crippen molar-refractivity contribution in [1.29, 1.82) is 0 Å². The van der Waals surface area contributed by atoms with Crippen molar-refractivity contribution in [3.05, 3.63) is 52.8 Å². The number of carboxylic acids is 1. The minimum atomic E-state index is -0.961. The first-order valence-electron chi connectivity index (χ1n) is 6.17. The van der Waals surface area contributed by atoms with Crippen LogP contribution in [0, 0.1) is 6.92 Å². The summed E-state index contributed by atoms with van der Waals surface area (Å²) in [5, 5.41) is 15.5. The van der Waals surface area contributed by atoms with Gasteiger partial charge < -0.3 is 14.8 Å². The number of aromatic carboxylic acids is 1. The summed E-state index contributed by atoms with van der Waals surface area (Å²) in [6.07, 6.45) is 0. The Morgan fingerprint density at radius 1 is 1.35 bits per heavy atom. The molecule has 4 nitrogen and oxygen atoms in total. The maximum atomic E-state index is 10.9. The molecule has 102 valence electrons. The molecule has 0 aliphatic carbocycles. The van der Waals surface area contributed by atoms with Gasteiger partial charge >= 0.3 is 5.97 Å². The number of hydrogen-bond donors (Lipinski definition) is 2.